The number of imidazole rings is 1. The van der Waals surface area contributed by atoms with Gasteiger partial charge in [0.05, 0.1) is 17.5 Å². The molecule has 4 nitrogen and oxygen atoms in total. The first-order valence-electron chi connectivity index (χ1n) is 7.09. The minimum Gasteiger partial charge on any atom is -0.481 e. The first-order chi connectivity index (χ1) is 10.0. The second kappa shape index (κ2) is 6.65. The van der Waals surface area contributed by atoms with Gasteiger partial charge in [0.25, 0.3) is 0 Å². The predicted molar refractivity (Wildman–Crippen MR) is 75.1 cm³/mol. The van der Waals surface area contributed by atoms with E-state index in [0.717, 1.165) is 31.4 Å². The SMILES string of the molecule is CCCCCc1nc2cc(F)c(F)cc2n1CCC(=O)O. The van der Waals surface area contributed by atoms with Crippen LogP contribution in [0.15, 0.2) is 12.1 Å². The Hall–Kier alpha value is -1.98. The van der Waals surface area contributed by atoms with Crippen molar-refractivity contribution >= 4 is 17.0 Å². The van der Waals surface area contributed by atoms with Gasteiger partial charge in [0, 0.05) is 25.1 Å². The van der Waals surface area contributed by atoms with Crippen molar-refractivity contribution in [1.82, 2.24) is 9.55 Å². The number of hydrogen-bond donors (Lipinski definition) is 1. The van der Waals surface area contributed by atoms with Gasteiger partial charge in [-0.3, -0.25) is 4.79 Å². The molecule has 0 atom stereocenters. The molecule has 0 aliphatic rings. The highest BCUT2D eigenvalue weighted by molar-refractivity contribution is 5.76. The van der Waals surface area contributed by atoms with Crippen LogP contribution in [0.25, 0.3) is 11.0 Å². The van der Waals surface area contributed by atoms with Crippen LogP contribution in [0, 0.1) is 11.6 Å². The van der Waals surface area contributed by atoms with Crippen LogP contribution in [0.1, 0.15) is 38.4 Å². The van der Waals surface area contributed by atoms with Gasteiger partial charge in [0.2, 0.25) is 0 Å². The molecule has 21 heavy (non-hydrogen) atoms. The summed E-state index contributed by atoms with van der Waals surface area (Å²) >= 11 is 0. The van der Waals surface area contributed by atoms with Gasteiger partial charge < -0.3 is 9.67 Å². The van der Waals surface area contributed by atoms with Gasteiger partial charge in [-0.15, -0.1) is 0 Å². The average molecular weight is 296 g/mol. The Morgan fingerprint density at radius 3 is 2.67 bits per heavy atom. The zero-order valence-corrected chi connectivity index (χ0v) is 11.9. The summed E-state index contributed by atoms with van der Waals surface area (Å²) in [5.74, 6) is -2.13. The minimum absolute atomic E-state index is 0.0781. The number of carboxylic acids is 1. The number of unbranched alkanes of at least 4 members (excludes halogenated alkanes) is 2. The molecule has 0 aliphatic carbocycles. The van der Waals surface area contributed by atoms with Crippen molar-refractivity contribution in [2.45, 2.75) is 45.6 Å². The molecular formula is C15H18F2N2O2. The number of aliphatic carboxylic acids is 1. The van der Waals surface area contributed by atoms with E-state index in [1.165, 1.54) is 0 Å². The highest BCUT2D eigenvalue weighted by Gasteiger charge is 2.14. The Balaban J connectivity index is 2.39. The topological polar surface area (TPSA) is 55.1 Å². The fraction of sp³-hybridized carbons (Fsp3) is 0.467. The normalized spacial score (nSPS) is 11.2. The molecule has 0 spiro atoms. The van der Waals surface area contributed by atoms with Gasteiger partial charge >= 0.3 is 5.97 Å². The monoisotopic (exact) mass is 296 g/mol. The van der Waals surface area contributed by atoms with Gasteiger partial charge in [-0.1, -0.05) is 19.8 Å². The fourth-order valence-electron chi connectivity index (χ4n) is 2.35. The summed E-state index contributed by atoms with van der Waals surface area (Å²) in [5, 5.41) is 8.82. The molecule has 0 aliphatic heterocycles. The van der Waals surface area contributed by atoms with Crippen LogP contribution in [-0.2, 0) is 17.8 Å². The molecule has 0 saturated heterocycles. The van der Waals surface area contributed by atoms with Crippen molar-refractivity contribution in [2.75, 3.05) is 0 Å². The number of nitrogens with zero attached hydrogens (tertiary/aromatic N) is 2. The molecule has 2 rings (SSSR count). The van der Waals surface area contributed by atoms with Crippen molar-refractivity contribution in [3.8, 4) is 0 Å². The quantitative estimate of drug-likeness (QED) is 0.795. The predicted octanol–water partition coefficient (Wildman–Crippen LogP) is 3.52. The summed E-state index contributed by atoms with van der Waals surface area (Å²) in [6.07, 6.45) is 3.60. The lowest BCUT2D eigenvalue weighted by molar-refractivity contribution is -0.137. The smallest absolute Gasteiger partial charge is 0.305 e. The second-order valence-electron chi connectivity index (χ2n) is 5.04. The van der Waals surface area contributed by atoms with E-state index >= 15 is 0 Å². The van der Waals surface area contributed by atoms with E-state index in [2.05, 4.69) is 11.9 Å². The van der Waals surface area contributed by atoms with Gasteiger partial charge in [0.15, 0.2) is 11.6 Å². The number of aryl methyl sites for hydroxylation is 2. The Bertz CT molecular complexity index is 653. The summed E-state index contributed by atoms with van der Waals surface area (Å²) in [5.41, 5.74) is 0.812. The van der Waals surface area contributed by atoms with Crippen LogP contribution in [0.2, 0.25) is 0 Å². The Morgan fingerprint density at radius 1 is 1.29 bits per heavy atom. The number of aromatic nitrogens is 2. The summed E-state index contributed by atoms with van der Waals surface area (Å²) in [6, 6.07) is 2.15. The highest BCUT2D eigenvalue weighted by Crippen LogP contribution is 2.21. The molecule has 0 bridgehead atoms. The van der Waals surface area contributed by atoms with E-state index in [1.54, 1.807) is 4.57 Å². The van der Waals surface area contributed by atoms with Crippen LogP contribution in [0.4, 0.5) is 8.78 Å². The van der Waals surface area contributed by atoms with Crippen LogP contribution in [-0.4, -0.2) is 20.6 Å². The number of hydrogen-bond acceptors (Lipinski definition) is 2. The molecule has 0 amide bonds. The lowest BCUT2D eigenvalue weighted by Gasteiger charge is -2.07. The van der Waals surface area contributed by atoms with E-state index in [4.69, 9.17) is 5.11 Å². The molecule has 1 aromatic heterocycles. The molecule has 1 N–H and O–H groups in total. The van der Waals surface area contributed by atoms with E-state index in [1.807, 2.05) is 0 Å². The van der Waals surface area contributed by atoms with E-state index in [9.17, 15) is 13.6 Å². The summed E-state index contributed by atoms with van der Waals surface area (Å²) < 4.78 is 28.4. The molecule has 0 radical (unpaired) electrons. The van der Waals surface area contributed by atoms with E-state index in [0.29, 0.717) is 23.3 Å². The van der Waals surface area contributed by atoms with Gasteiger partial charge in [-0.05, 0) is 6.42 Å². The molecule has 1 heterocycles. The van der Waals surface area contributed by atoms with Crippen molar-refractivity contribution in [2.24, 2.45) is 0 Å². The Labute approximate surface area is 121 Å². The maximum atomic E-state index is 13.4. The molecule has 114 valence electrons. The van der Waals surface area contributed by atoms with Crippen LogP contribution >= 0.6 is 0 Å². The number of fused-ring (bicyclic) bond motifs is 1. The summed E-state index contributed by atoms with van der Waals surface area (Å²) in [7, 11) is 0. The Morgan fingerprint density at radius 2 is 2.00 bits per heavy atom. The number of benzene rings is 1. The molecule has 0 unspecified atom stereocenters. The van der Waals surface area contributed by atoms with Crippen LogP contribution < -0.4 is 0 Å². The number of carbonyl (C=O) groups is 1. The second-order valence-corrected chi connectivity index (χ2v) is 5.04. The number of carboxylic acid groups (broad SMARTS) is 1. The largest absolute Gasteiger partial charge is 0.481 e. The first-order valence-corrected chi connectivity index (χ1v) is 7.09. The van der Waals surface area contributed by atoms with Crippen molar-refractivity contribution < 1.29 is 18.7 Å². The zero-order valence-electron chi connectivity index (χ0n) is 11.9. The van der Waals surface area contributed by atoms with E-state index in [-0.39, 0.29) is 13.0 Å². The van der Waals surface area contributed by atoms with Gasteiger partial charge in [0.1, 0.15) is 5.82 Å². The van der Waals surface area contributed by atoms with Gasteiger partial charge in [-0.2, -0.15) is 0 Å². The standard InChI is InChI=1S/C15H18F2N2O2/c1-2-3-4-5-14-18-12-8-10(16)11(17)9-13(12)19(14)7-6-15(20)21/h8-9H,2-7H2,1H3,(H,20,21). The Kier molecular flexibility index (Phi) is 4.88. The molecule has 1 aromatic carbocycles. The molecule has 6 heteroatoms. The van der Waals surface area contributed by atoms with Crippen molar-refractivity contribution in [1.29, 1.82) is 0 Å². The van der Waals surface area contributed by atoms with E-state index < -0.39 is 17.6 Å². The van der Waals surface area contributed by atoms with Gasteiger partial charge in [-0.25, -0.2) is 13.8 Å². The third-order valence-corrected chi connectivity index (χ3v) is 3.42. The number of rotatable bonds is 7. The van der Waals surface area contributed by atoms with Crippen molar-refractivity contribution in [3.63, 3.8) is 0 Å². The molecule has 0 fully saturated rings. The fourth-order valence-corrected chi connectivity index (χ4v) is 2.35. The number of halogens is 2. The minimum atomic E-state index is -0.945. The first kappa shape index (κ1) is 15.4. The average Bonchev–Trinajstić information content (AvgIpc) is 2.74. The zero-order chi connectivity index (χ0) is 15.4. The molecular weight excluding hydrogens is 278 g/mol. The molecule has 0 saturated carbocycles. The maximum absolute atomic E-state index is 13.4. The lowest BCUT2D eigenvalue weighted by Crippen LogP contribution is -2.08. The maximum Gasteiger partial charge on any atom is 0.305 e. The summed E-state index contributed by atoms with van der Waals surface area (Å²) in [4.78, 5) is 15.1. The van der Waals surface area contributed by atoms with Crippen LogP contribution in [0.3, 0.4) is 0 Å². The van der Waals surface area contributed by atoms with Crippen LogP contribution in [0.5, 0.6) is 0 Å². The third-order valence-electron chi connectivity index (χ3n) is 3.42. The molecule has 2 aromatic rings. The highest BCUT2D eigenvalue weighted by atomic mass is 19.2. The summed E-state index contributed by atoms with van der Waals surface area (Å²) in [6.45, 7) is 2.29. The lowest BCUT2D eigenvalue weighted by atomic mass is 10.2. The van der Waals surface area contributed by atoms with Crippen molar-refractivity contribution in [3.05, 3.63) is 29.6 Å². The third kappa shape index (κ3) is 3.56.